The maximum absolute atomic E-state index is 3.94. The number of hydrogen-bond donors (Lipinski definition) is 1. The van der Waals surface area contributed by atoms with E-state index in [1.165, 1.54) is 5.56 Å². The number of H-pyrrole nitrogens is 1. The summed E-state index contributed by atoms with van der Waals surface area (Å²) in [7, 11) is 0. The fraction of sp³-hybridized carbons (Fsp3) is 0.200. The van der Waals surface area contributed by atoms with E-state index < -0.39 is 0 Å². The van der Waals surface area contributed by atoms with Crippen molar-refractivity contribution in [1.82, 2.24) is 15.2 Å². The average Bonchev–Trinajstić information content (AvgIpc) is 2.71. The van der Waals surface area contributed by atoms with Gasteiger partial charge < -0.3 is 4.98 Å². The zero-order chi connectivity index (χ0) is 9.10. The van der Waals surface area contributed by atoms with E-state index in [4.69, 9.17) is 0 Å². The van der Waals surface area contributed by atoms with Gasteiger partial charge >= 0.3 is 0 Å². The Labute approximate surface area is 76.8 Å². The van der Waals surface area contributed by atoms with E-state index >= 15 is 0 Å². The lowest BCUT2D eigenvalue weighted by Gasteiger charge is -1.97. The first kappa shape index (κ1) is 7.98. The third kappa shape index (κ3) is 1.59. The van der Waals surface area contributed by atoms with Crippen molar-refractivity contribution in [1.29, 1.82) is 0 Å². The number of aromatic nitrogens is 3. The van der Waals surface area contributed by atoms with Crippen molar-refractivity contribution >= 4 is 0 Å². The molecule has 0 unspecified atom stereocenters. The summed E-state index contributed by atoms with van der Waals surface area (Å²) in [4.78, 5) is 2.97. The summed E-state index contributed by atoms with van der Waals surface area (Å²) in [6.07, 6.45) is 2.65. The molecule has 0 atom stereocenters. The minimum Gasteiger partial charge on any atom is -0.328 e. The number of nitrogens with zero attached hydrogens (tertiary/aromatic N) is 2. The number of rotatable bonds is 2. The number of nitrogens with one attached hydrogen (secondary N) is 1. The molecule has 2 aromatic rings. The van der Waals surface area contributed by atoms with Gasteiger partial charge in [0.1, 0.15) is 6.33 Å². The number of aromatic amines is 1. The maximum atomic E-state index is 3.94. The van der Waals surface area contributed by atoms with Crippen LogP contribution in [0.5, 0.6) is 0 Å². The Kier molecular flexibility index (Phi) is 2.08. The molecule has 2 rings (SSSR count). The molecule has 1 N–H and O–H groups in total. The highest BCUT2D eigenvalue weighted by Crippen LogP contribution is 2.14. The first-order valence-electron chi connectivity index (χ1n) is 4.35. The van der Waals surface area contributed by atoms with E-state index in [0.717, 1.165) is 17.8 Å². The molecule has 0 aliphatic rings. The summed E-state index contributed by atoms with van der Waals surface area (Å²) >= 11 is 0. The summed E-state index contributed by atoms with van der Waals surface area (Å²) < 4.78 is 0. The van der Waals surface area contributed by atoms with Crippen LogP contribution in [0.1, 0.15) is 12.5 Å². The number of hydrogen-bond acceptors (Lipinski definition) is 2. The average molecular weight is 173 g/mol. The van der Waals surface area contributed by atoms with Gasteiger partial charge in [-0.3, -0.25) is 0 Å². The summed E-state index contributed by atoms with van der Waals surface area (Å²) in [5, 5.41) is 7.67. The highest BCUT2D eigenvalue weighted by atomic mass is 15.2. The van der Waals surface area contributed by atoms with Crippen molar-refractivity contribution in [3.63, 3.8) is 0 Å². The molecule has 0 saturated carbocycles. The van der Waals surface area contributed by atoms with Gasteiger partial charge in [-0.25, -0.2) is 0 Å². The minimum atomic E-state index is 0.822. The Bertz CT molecular complexity index is 362. The predicted molar refractivity (Wildman–Crippen MR) is 51.2 cm³/mol. The zero-order valence-corrected chi connectivity index (χ0v) is 7.49. The third-order valence-electron chi connectivity index (χ3n) is 2.05. The van der Waals surface area contributed by atoms with E-state index in [2.05, 4.69) is 46.4 Å². The van der Waals surface area contributed by atoms with Crippen molar-refractivity contribution in [3.8, 4) is 11.4 Å². The van der Waals surface area contributed by atoms with E-state index in [9.17, 15) is 0 Å². The first-order chi connectivity index (χ1) is 6.40. The van der Waals surface area contributed by atoms with E-state index in [1.54, 1.807) is 6.33 Å². The Morgan fingerprint density at radius 3 is 2.54 bits per heavy atom. The van der Waals surface area contributed by atoms with Crippen LogP contribution >= 0.6 is 0 Å². The molecule has 1 heterocycles. The summed E-state index contributed by atoms with van der Waals surface area (Å²) in [5.74, 6) is 0.822. The molecule has 0 saturated heterocycles. The molecule has 0 bridgehead atoms. The largest absolute Gasteiger partial charge is 0.328 e. The summed E-state index contributed by atoms with van der Waals surface area (Å²) in [6.45, 7) is 2.14. The van der Waals surface area contributed by atoms with Crippen LogP contribution in [0.25, 0.3) is 11.4 Å². The zero-order valence-electron chi connectivity index (χ0n) is 7.49. The van der Waals surface area contributed by atoms with E-state index in [-0.39, 0.29) is 0 Å². The van der Waals surface area contributed by atoms with Gasteiger partial charge in [-0.1, -0.05) is 31.2 Å². The minimum absolute atomic E-state index is 0.822. The van der Waals surface area contributed by atoms with Crippen LogP contribution in [-0.4, -0.2) is 15.2 Å². The lowest BCUT2D eigenvalue weighted by atomic mass is 10.1. The lowest BCUT2D eigenvalue weighted by molar-refractivity contribution is 1.09. The molecule has 0 aliphatic carbocycles. The molecule has 0 radical (unpaired) electrons. The van der Waals surface area contributed by atoms with Gasteiger partial charge in [0, 0.05) is 5.56 Å². The molecule has 3 nitrogen and oxygen atoms in total. The smallest absolute Gasteiger partial charge is 0.161 e. The van der Waals surface area contributed by atoms with Crippen molar-refractivity contribution < 1.29 is 0 Å². The molecular formula is C10H11N3. The molecule has 1 aromatic carbocycles. The third-order valence-corrected chi connectivity index (χ3v) is 2.05. The topological polar surface area (TPSA) is 41.6 Å². The van der Waals surface area contributed by atoms with Crippen molar-refractivity contribution in [2.24, 2.45) is 0 Å². The summed E-state index contributed by atoms with van der Waals surface area (Å²) in [6, 6.07) is 8.33. The van der Waals surface area contributed by atoms with Crippen molar-refractivity contribution in [2.45, 2.75) is 13.3 Å². The Hall–Kier alpha value is -1.64. The van der Waals surface area contributed by atoms with Crippen molar-refractivity contribution in [2.75, 3.05) is 0 Å². The van der Waals surface area contributed by atoms with Crippen LogP contribution in [0.15, 0.2) is 30.6 Å². The van der Waals surface area contributed by atoms with Crippen LogP contribution in [0.3, 0.4) is 0 Å². The lowest BCUT2D eigenvalue weighted by Crippen LogP contribution is -1.83. The standard InChI is InChI=1S/C10H11N3/c1-2-8-3-5-9(6-4-8)10-11-7-12-13-10/h3-7H,2H2,1H3,(H,11,12,13). The molecule has 0 aliphatic heterocycles. The second-order valence-corrected chi connectivity index (χ2v) is 2.89. The van der Waals surface area contributed by atoms with Gasteiger partial charge in [0.2, 0.25) is 0 Å². The molecule has 0 amide bonds. The monoisotopic (exact) mass is 173 g/mol. The van der Waals surface area contributed by atoms with Crippen LogP contribution < -0.4 is 0 Å². The SMILES string of the molecule is CCc1ccc(-c2nnc[nH]2)cc1. The Morgan fingerprint density at radius 1 is 1.23 bits per heavy atom. The summed E-state index contributed by atoms with van der Waals surface area (Å²) in [5.41, 5.74) is 2.41. The molecule has 0 fully saturated rings. The Balaban J connectivity index is 2.33. The van der Waals surface area contributed by atoms with Gasteiger partial charge in [-0.15, -0.1) is 10.2 Å². The van der Waals surface area contributed by atoms with Crippen LogP contribution in [0, 0.1) is 0 Å². The normalized spacial score (nSPS) is 10.2. The molecule has 3 heteroatoms. The maximum Gasteiger partial charge on any atom is 0.161 e. The number of benzene rings is 1. The quantitative estimate of drug-likeness (QED) is 0.755. The molecule has 1 aromatic heterocycles. The number of aryl methyl sites for hydroxylation is 1. The molecule has 0 spiro atoms. The van der Waals surface area contributed by atoms with Gasteiger partial charge in [0.05, 0.1) is 0 Å². The Morgan fingerprint density at radius 2 is 2.00 bits per heavy atom. The van der Waals surface area contributed by atoms with Crippen LogP contribution in [0.4, 0.5) is 0 Å². The molecule has 66 valence electrons. The van der Waals surface area contributed by atoms with Crippen molar-refractivity contribution in [3.05, 3.63) is 36.2 Å². The molecule has 13 heavy (non-hydrogen) atoms. The van der Waals surface area contributed by atoms with Gasteiger partial charge in [-0.05, 0) is 12.0 Å². The van der Waals surface area contributed by atoms with Gasteiger partial charge in [0.15, 0.2) is 5.82 Å². The van der Waals surface area contributed by atoms with Crippen LogP contribution in [-0.2, 0) is 6.42 Å². The van der Waals surface area contributed by atoms with Gasteiger partial charge in [-0.2, -0.15) is 0 Å². The van der Waals surface area contributed by atoms with E-state index in [0.29, 0.717) is 0 Å². The van der Waals surface area contributed by atoms with E-state index in [1.807, 2.05) is 0 Å². The fourth-order valence-electron chi connectivity index (χ4n) is 1.24. The highest BCUT2D eigenvalue weighted by Gasteiger charge is 1.98. The molecular weight excluding hydrogens is 162 g/mol. The first-order valence-corrected chi connectivity index (χ1v) is 4.35. The van der Waals surface area contributed by atoms with Crippen LogP contribution in [0.2, 0.25) is 0 Å². The highest BCUT2D eigenvalue weighted by molar-refractivity contribution is 5.54. The predicted octanol–water partition coefficient (Wildman–Crippen LogP) is 2.03. The fourth-order valence-corrected chi connectivity index (χ4v) is 1.24. The second kappa shape index (κ2) is 3.39. The van der Waals surface area contributed by atoms with Gasteiger partial charge in [0.25, 0.3) is 0 Å². The second-order valence-electron chi connectivity index (χ2n) is 2.89.